The standard InChI is InChI=1S/C20H19F2N5O3/c21-16-5-4-13(11-17(16)22)12-2-1-3-14(10-12)23-18(28)26-8-6-15(7-9-26)27-19(29)24-25-20(27)30/h1-5,10-11,15H,6-9H2,(H,23,28)(H,24,29)(H,25,30). The third-order valence-corrected chi connectivity index (χ3v) is 5.20. The second-order valence-electron chi connectivity index (χ2n) is 7.09. The topological polar surface area (TPSA) is 103 Å². The zero-order chi connectivity index (χ0) is 21.3. The summed E-state index contributed by atoms with van der Waals surface area (Å²) in [4.78, 5) is 37.7. The fraction of sp³-hybridized carbons (Fsp3) is 0.250. The molecule has 0 aliphatic carbocycles. The average molecular weight is 415 g/mol. The van der Waals surface area contributed by atoms with Crippen LogP contribution < -0.4 is 16.7 Å². The maximum Gasteiger partial charge on any atom is 0.344 e. The highest BCUT2D eigenvalue weighted by Crippen LogP contribution is 2.25. The molecule has 2 heterocycles. The lowest BCUT2D eigenvalue weighted by atomic mass is 10.0. The number of hydrogen-bond acceptors (Lipinski definition) is 3. The van der Waals surface area contributed by atoms with Gasteiger partial charge in [0.2, 0.25) is 0 Å². The minimum Gasteiger partial charge on any atom is -0.324 e. The number of carbonyl (C=O) groups excluding carboxylic acids is 1. The summed E-state index contributed by atoms with van der Waals surface area (Å²) in [7, 11) is 0. The summed E-state index contributed by atoms with van der Waals surface area (Å²) >= 11 is 0. The summed E-state index contributed by atoms with van der Waals surface area (Å²) in [5, 5.41) is 7.31. The van der Waals surface area contributed by atoms with E-state index in [1.807, 2.05) is 0 Å². The Labute approximate surface area is 169 Å². The first-order valence-corrected chi connectivity index (χ1v) is 9.43. The van der Waals surface area contributed by atoms with Gasteiger partial charge in [0, 0.05) is 24.8 Å². The molecule has 0 bridgehead atoms. The molecule has 10 heteroatoms. The summed E-state index contributed by atoms with van der Waals surface area (Å²) in [6, 6.07) is 9.87. The number of nitrogens with one attached hydrogen (secondary N) is 3. The van der Waals surface area contributed by atoms with Crippen molar-refractivity contribution < 1.29 is 13.6 Å². The van der Waals surface area contributed by atoms with Crippen LogP contribution in [0.25, 0.3) is 11.1 Å². The average Bonchev–Trinajstić information content (AvgIpc) is 3.08. The van der Waals surface area contributed by atoms with Gasteiger partial charge in [0.25, 0.3) is 0 Å². The largest absolute Gasteiger partial charge is 0.344 e. The highest BCUT2D eigenvalue weighted by Gasteiger charge is 2.26. The van der Waals surface area contributed by atoms with E-state index in [1.165, 1.54) is 6.07 Å². The Morgan fingerprint density at radius 2 is 1.60 bits per heavy atom. The summed E-state index contributed by atoms with van der Waals surface area (Å²) in [6.07, 6.45) is 0.951. The summed E-state index contributed by atoms with van der Waals surface area (Å²) in [5.41, 5.74) is 0.668. The molecule has 0 unspecified atom stereocenters. The summed E-state index contributed by atoms with van der Waals surface area (Å²) < 4.78 is 27.8. The van der Waals surface area contributed by atoms with Crippen molar-refractivity contribution >= 4 is 11.7 Å². The Bertz CT molecular complexity index is 1160. The molecule has 3 N–H and O–H groups in total. The van der Waals surface area contributed by atoms with Crippen molar-refractivity contribution in [1.82, 2.24) is 19.7 Å². The number of halogens is 2. The number of urea groups is 1. The molecular weight excluding hydrogens is 396 g/mol. The summed E-state index contributed by atoms with van der Waals surface area (Å²) in [5.74, 6) is -1.86. The molecule has 1 aromatic heterocycles. The lowest BCUT2D eigenvalue weighted by Crippen LogP contribution is -2.44. The first-order valence-electron chi connectivity index (χ1n) is 9.43. The lowest BCUT2D eigenvalue weighted by Gasteiger charge is -2.31. The smallest absolute Gasteiger partial charge is 0.324 e. The number of benzene rings is 2. The highest BCUT2D eigenvalue weighted by atomic mass is 19.2. The normalized spacial score (nSPS) is 14.7. The molecule has 0 spiro atoms. The summed E-state index contributed by atoms with van der Waals surface area (Å²) in [6.45, 7) is 0.771. The Morgan fingerprint density at radius 3 is 2.27 bits per heavy atom. The number of nitrogens with zero attached hydrogens (tertiary/aromatic N) is 2. The number of amides is 2. The van der Waals surface area contributed by atoms with Crippen molar-refractivity contribution in [2.75, 3.05) is 18.4 Å². The molecule has 156 valence electrons. The number of H-pyrrole nitrogens is 2. The van der Waals surface area contributed by atoms with Crippen molar-refractivity contribution in [2.45, 2.75) is 18.9 Å². The first-order chi connectivity index (χ1) is 14.4. The Morgan fingerprint density at radius 1 is 0.933 bits per heavy atom. The third kappa shape index (κ3) is 3.88. The molecule has 4 rings (SSSR count). The van der Waals surface area contributed by atoms with Gasteiger partial charge in [-0.25, -0.2) is 37.9 Å². The maximum absolute atomic E-state index is 13.5. The Balaban J connectivity index is 1.42. The molecule has 3 aromatic rings. The number of rotatable bonds is 3. The predicted molar refractivity (Wildman–Crippen MR) is 106 cm³/mol. The minimum absolute atomic E-state index is 0.270. The van der Waals surface area contributed by atoms with Gasteiger partial charge in [-0.1, -0.05) is 18.2 Å². The van der Waals surface area contributed by atoms with E-state index >= 15 is 0 Å². The zero-order valence-corrected chi connectivity index (χ0v) is 15.8. The van der Waals surface area contributed by atoms with E-state index in [0.29, 0.717) is 42.7 Å². The second kappa shape index (κ2) is 7.97. The van der Waals surface area contributed by atoms with Gasteiger partial charge in [0.05, 0.1) is 0 Å². The van der Waals surface area contributed by atoms with Gasteiger partial charge in [0.15, 0.2) is 11.6 Å². The Kier molecular flexibility index (Phi) is 5.21. The van der Waals surface area contributed by atoms with E-state index in [0.717, 1.165) is 16.7 Å². The van der Waals surface area contributed by atoms with Gasteiger partial charge in [-0.2, -0.15) is 0 Å². The van der Waals surface area contributed by atoms with Crippen molar-refractivity contribution in [3.05, 3.63) is 75.1 Å². The van der Waals surface area contributed by atoms with E-state index < -0.39 is 23.0 Å². The van der Waals surface area contributed by atoms with Crippen LogP contribution in [0.2, 0.25) is 0 Å². The number of aromatic amines is 2. The predicted octanol–water partition coefficient (Wildman–Crippen LogP) is 2.68. The molecule has 0 atom stereocenters. The molecule has 2 aromatic carbocycles. The van der Waals surface area contributed by atoms with Crippen molar-refractivity contribution in [2.24, 2.45) is 0 Å². The minimum atomic E-state index is -0.940. The number of aromatic nitrogens is 3. The van der Waals surface area contributed by atoms with Gasteiger partial charge in [-0.05, 0) is 48.2 Å². The molecule has 1 aliphatic heterocycles. The molecule has 1 saturated heterocycles. The molecule has 8 nitrogen and oxygen atoms in total. The lowest BCUT2D eigenvalue weighted by molar-refractivity contribution is 0.182. The molecule has 30 heavy (non-hydrogen) atoms. The van der Waals surface area contributed by atoms with Crippen LogP contribution in [0.5, 0.6) is 0 Å². The fourth-order valence-electron chi connectivity index (χ4n) is 3.63. The molecule has 0 radical (unpaired) electrons. The molecular formula is C20H19F2N5O3. The number of anilines is 1. The zero-order valence-electron chi connectivity index (χ0n) is 15.8. The monoisotopic (exact) mass is 415 g/mol. The van der Waals surface area contributed by atoms with Crippen molar-refractivity contribution in [1.29, 1.82) is 0 Å². The van der Waals surface area contributed by atoms with Crippen LogP contribution in [0, 0.1) is 11.6 Å². The Hall–Kier alpha value is -3.69. The first kappa shape index (κ1) is 19.6. The number of likely N-dealkylation sites (tertiary alicyclic amines) is 1. The second-order valence-corrected chi connectivity index (χ2v) is 7.09. The molecule has 1 fully saturated rings. The SMILES string of the molecule is O=C(Nc1cccc(-c2ccc(F)c(F)c2)c1)N1CCC(n2c(=O)[nH][nH]c2=O)CC1. The van der Waals surface area contributed by atoms with Crippen LogP contribution in [0.15, 0.2) is 52.1 Å². The van der Waals surface area contributed by atoms with E-state index in [4.69, 9.17) is 0 Å². The van der Waals surface area contributed by atoms with Gasteiger partial charge in [-0.15, -0.1) is 0 Å². The van der Waals surface area contributed by atoms with Crippen molar-refractivity contribution in [3.63, 3.8) is 0 Å². The van der Waals surface area contributed by atoms with Crippen LogP contribution in [-0.4, -0.2) is 38.8 Å². The van der Waals surface area contributed by atoms with Gasteiger partial charge in [-0.3, -0.25) is 0 Å². The number of carbonyl (C=O) groups is 1. The highest BCUT2D eigenvalue weighted by molar-refractivity contribution is 5.90. The van der Waals surface area contributed by atoms with Gasteiger partial charge < -0.3 is 10.2 Å². The molecule has 1 aliphatic rings. The quantitative estimate of drug-likeness (QED) is 0.613. The van der Waals surface area contributed by atoms with Gasteiger partial charge >= 0.3 is 17.4 Å². The van der Waals surface area contributed by atoms with Crippen LogP contribution >= 0.6 is 0 Å². The van der Waals surface area contributed by atoms with Gasteiger partial charge in [0.1, 0.15) is 0 Å². The van der Waals surface area contributed by atoms with E-state index in [1.54, 1.807) is 29.2 Å². The third-order valence-electron chi connectivity index (χ3n) is 5.20. The maximum atomic E-state index is 13.5. The number of piperidine rings is 1. The van der Waals surface area contributed by atoms with E-state index in [2.05, 4.69) is 15.5 Å². The molecule has 2 amide bonds. The van der Waals surface area contributed by atoms with E-state index in [-0.39, 0.29) is 12.1 Å². The van der Waals surface area contributed by atoms with Crippen LogP contribution in [0.4, 0.5) is 19.3 Å². The van der Waals surface area contributed by atoms with Crippen molar-refractivity contribution in [3.8, 4) is 11.1 Å². The van der Waals surface area contributed by atoms with Crippen LogP contribution in [0.3, 0.4) is 0 Å². The van der Waals surface area contributed by atoms with Crippen LogP contribution in [0.1, 0.15) is 18.9 Å². The van der Waals surface area contributed by atoms with Crippen LogP contribution in [-0.2, 0) is 0 Å². The fourth-order valence-corrected chi connectivity index (χ4v) is 3.63. The van der Waals surface area contributed by atoms with E-state index in [9.17, 15) is 23.2 Å². The molecule has 0 saturated carbocycles. The number of hydrogen-bond donors (Lipinski definition) is 3.